The Morgan fingerprint density at radius 3 is 1.44 bits per heavy atom. The van der Waals surface area contributed by atoms with Gasteiger partial charge in [0, 0.05) is 12.3 Å². The zero-order valence-electron chi connectivity index (χ0n) is 33.5. The van der Waals surface area contributed by atoms with Crippen LogP contribution in [0.4, 0.5) is 0 Å². The Bertz CT molecular complexity index is 1790. The minimum atomic E-state index is -5.80. The molecule has 1 rings (SSSR count). The summed E-state index contributed by atoms with van der Waals surface area (Å²) in [6.07, 6.45) is -4.79. The van der Waals surface area contributed by atoms with Crippen LogP contribution in [0.15, 0.2) is 0 Å². The standard InChI is InChI=1S/C35H54O22P4/c1-3-5-7-9-11-12-13-14-15-16-18-20-22-24-29(37)53-27(25-51-28(36)23-21-19-17-10-8-6-4-2)26-52-61(49,50)57-32-30(38)33(54-58(40,41)42)35(56-60(46,47)48)34(31(32)39)55-59(43,44)45/h27,30-35,38-39H,3,5,7,9,11-16,18,20,22,24-26H2,1-2H3,(H,49,50)(H2,40,41,42)(H2,43,44,45)(H2,46,47,48)/t27-,30?,31?,32?,33-,34-,35?/m1/s1. The van der Waals surface area contributed by atoms with E-state index in [1.54, 1.807) is 6.92 Å². The number of unbranched alkanes of at least 4 members (excludes halogenated alkanes) is 12. The first-order chi connectivity index (χ1) is 28.5. The smallest absolute Gasteiger partial charge is 0.456 e. The van der Waals surface area contributed by atoms with Crippen molar-refractivity contribution in [1.29, 1.82) is 0 Å². The van der Waals surface area contributed by atoms with E-state index in [0.717, 1.165) is 32.1 Å². The topological polar surface area (TPSA) is 349 Å². The lowest BCUT2D eigenvalue weighted by Crippen LogP contribution is -2.65. The largest absolute Gasteiger partial charge is 0.472 e. The van der Waals surface area contributed by atoms with Gasteiger partial charge in [-0.1, -0.05) is 89.9 Å². The molecule has 1 aliphatic carbocycles. The molecule has 26 heteroatoms. The van der Waals surface area contributed by atoms with E-state index in [2.05, 4.69) is 61.9 Å². The molecule has 22 nitrogen and oxygen atoms in total. The Balaban J connectivity index is 3.08. The molecule has 1 saturated carbocycles. The van der Waals surface area contributed by atoms with Gasteiger partial charge in [-0.25, -0.2) is 23.1 Å². The fourth-order valence-electron chi connectivity index (χ4n) is 5.60. The molecule has 0 aromatic carbocycles. The average molecular weight is 951 g/mol. The molecule has 1 fully saturated rings. The van der Waals surface area contributed by atoms with Crippen molar-refractivity contribution in [3.05, 3.63) is 0 Å². The molecule has 0 saturated heterocycles. The molecule has 0 heterocycles. The van der Waals surface area contributed by atoms with Crippen LogP contribution >= 0.6 is 31.3 Å². The molecule has 0 aliphatic heterocycles. The molecule has 0 radical (unpaired) electrons. The van der Waals surface area contributed by atoms with Crippen molar-refractivity contribution < 1.29 is 104 Å². The fourth-order valence-corrected chi connectivity index (χ4v) is 8.25. The molecule has 0 aromatic rings. The number of hydrogen-bond acceptors (Lipinski definition) is 15. The van der Waals surface area contributed by atoms with E-state index >= 15 is 0 Å². The maximum atomic E-state index is 13.1. The normalized spacial score (nSPS) is 21.7. The Morgan fingerprint density at radius 1 is 0.557 bits per heavy atom. The third kappa shape index (κ3) is 27.4. The Morgan fingerprint density at radius 2 is 0.984 bits per heavy atom. The quantitative estimate of drug-likeness (QED) is 0.0179. The molecule has 3 unspecified atom stereocenters. The van der Waals surface area contributed by atoms with Gasteiger partial charge in [0.1, 0.15) is 43.2 Å². The van der Waals surface area contributed by atoms with Gasteiger partial charge in [-0.05, 0) is 48.9 Å². The van der Waals surface area contributed by atoms with Gasteiger partial charge in [-0.3, -0.25) is 27.4 Å². The second-order valence-electron chi connectivity index (χ2n) is 13.3. The maximum Gasteiger partial charge on any atom is 0.472 e. The number of carbonyl (C=O) groups is 2. The lowest BCUT2D eigenvalue weighted by Gasteiger charge is -2.45. The highest BCUT2D eigenvalue weighted by molar-refractivity contribution is 7.47. The van der Waals surface area contributed by atoms with Gasteiger partial charge in [0.05, 0.1) is 6.61 Å². The van der Waals surface area contributed by atoms with Crippen LogP contribution < -0.4 is 0 Å². The highest BCUT2D eigenvalue weighted by Gasteiger charge is 2.59. The number of aliphatic hydroxyl groups excluding tert-OH is 2. The monoisotopic (exact) mass is 950 g/mol. The van der Waals surface area contributed by atoms with E-state index in [1.165, 1.54) is 38.5 Å². The molecular weight excluding hydrogens is 896 g/mol. The first-order valence-corrected chi connectivity index (χ1v) is 25.1. The zero-order valence-corrected chi connectivity index (χ0v) is 37.1. The number of aliphatic hydroxyl groups is 2. The minimum Gasteiger partial charge on any atom is -0.456 e. The van der Waals surface area contributed by atoms with Gasteiger partial charge in [0.15, 0.2) is 6.10 Å². The van der Waals surface area contributed by atoms with Crippen LogP contribution in [-0.2, 0) is 59.9 Å². The predicted octanol–water partition coefficient (Wildman–Crippen LogP) is 2.63. The summed E-state index contributed by atoms with van der Waals surface area (Å²) in [5, 5.41) is 21.7. The van der Waals surface area contributed by atoms with Crippen molar-refractivity contribution >= 4 is 43.2 Å². The number of rotatable bonds is 28. The van der Waals surface area contributed by atoms with Crippen molar-refractivity contribution in [2.24, 2.45) is 0 Å². The SMILES string of the molecule is CC#CC#CC#CC#CC(=O)OC[C@H](COP(=O)(O)OC1C(O)[C@@H](OP(=O)(O)O)C(OP(=O)(O)O)[C@H](OP(=O)(O)O)C1O)OC(=O)CCCCCCCCCCCCCCC. The molecule has 0 spiro atoms. The summed E-state index contributed by atoms with van der Waals surface area (Å²) < 4.78 is 80.9. The number of carbonyl (C=O) groups excluding carboxylic acids is 2. The molecule has 1 aliphatic rings. The summed E-state index contributed by atoms with van der Waals surface area (Å²) in [7, 11) is -23.1. The number of phosphoric ester groups is 4. The lowest BCUT2D eigenvalue weighted by atomic mass is 9.85. The van der Waals surface area contributed by atoms with E-state index in [9.17, 15) is 72.3 Å². The summed E-state index contributed by atoms with van der Waals surface area (Å²) in [5.41, 5.74) is 0. The molecule has 346 valence electrons. The first-order valence-electron chi connectivity index (χ1n) is 19.0. The van der Waals surface area contributed by atoms with Gasteiger partial charge in [0.2, 0.25) is 0 Å². The third-order valence-electron chi connectivity index (χ3n) is 8.23. The molecule has 6 atom stereocenters. The van der Waals surface area contributed by atoms with Crippen LogP contribution in [0.2, 0.25) is 0 Å². The van der Waals surface area contributed by atoms with Crippen LogP contribution in [-0.4, -0.2) is 112 Å². The van der Waals surface area contributed by atoms with Gasteiger partial charge in [-0.2, -0.15) is 0 Å². The first kappa shape index (κ1) is 56.6. The average Bonchev–Trinajstić information content (AvgIpc) is 3.14. The summed E-state index contributed by atoms with van der Waals surface area (Å²) in [6.45, 7) is 1.79. The second kappa shape index (κ2) is 29.1. The van der Waals surface area contributed by atoms with Crippen LogP contribution in [0.1, 0.15) is 104 Å². The van der Waals surface area contributed by atoms with Crippen molar-refractivity contribution in [2.45, 2.75) is 146 Å². The second-order valence-corrected chi connectivity index (χ2v) is 18.3. The zero-order chi connectivity index (χ0) is 46.1. The Hall–Kier alpha value is -2.46. The number of hydrogen-bond donors (Lipinski definition) is 9. The van der Waals surface area contributed by atoms with Gasteiger partial charge < -0.3 is 53.9 Å². The third-order valence-corrected chi connectivity index (χ3v) is 10.8. The highest BCUT2D eigenvalue weighted by Crippen LogP contribution is 2.53. The summed E-state index contributed by atoms with van der Waals surface area (Å²) in [6, 6.07) is 0. The van der Waals surface area contributed by atoms with Crippen molar-refractivity contribution in [3.8, 4) is 47.4 Å². The van der Waals surface area contributed by atoms with Gasteiger partial charge in [-0.15, -0.1) is 0 Å². The molecule has 0 amide bonds. The highest BCUT2D eigenvalue weighted by atomic mass is 31.2. The molecule has 61 heavy (non-hydrogen) atoms. The van der Waals surface area contributed by atoms with E-state index in [-0.39, 0.29) is 6.42 Å². The van der Waals surface area contributed by atoms with E-state index in [1.807, 2.05) is 5.92 Å². The van der Waals surface area contributed by atoms with Gasteiger partial charge in [0.25, 0.3) is 0 Å². The van der Waals surface area contributed by atoms with Crippen LogP contribution in [0, 0.1) is 47.4 Å². The predicted molar refractivity (Wildman–Crippen MR) is 211 cm³/mol. The molecule has 0 aromatic heterocycles. The van der Waals surface area contributed by atoms with Crippen LogP contribution in [0.25, 0.3) is 0 Å². The number of ether oxygens (including phenoxy) is 2. The number of esters is 2. The van der Waals surface area contributed by atoms with E-state index in [0.29, 0.717) is 12.8 Å². The summed E-state index contributed by atoms with van der Waals surface area (Å²) in [5.74, 6) is 16.4. The van der Waals surface area contributed by atoms with Crippen molar-refractivity contribution in [2.75, 3.05) is 13.2 Å². The molecule has 9 N–H and O–H groups in total. The van der Waals surface area contributed by atoms with Crippen LogP contribution in [0.5, 0.6) is 0 Å². The van der Waals surface area contributed by atoms with Gasteiger partial charge >= 0.3 is 43.2 Å². The van der Waals surface area contributed by atoms with E-state index < -0.39 is 99.2 Å². The van der Waals surface area contributed by atoms with Crippen molar-refractivity contribution in [1.82, 2.24) is 0 Å². The maximum absolute atomic E-state index is 13.1. The number of phosphoric acid groups is 4. The minimum absolute atomic E-state index is 0.117. The fraction of sp³-hybridized carbons (Fsp3) is 0.714. The summed E-state index contributed by atoms with van der Waals surface area (Å²) >= 11 is 0. The Labute approximate surface area is 354 Å². The lowest BCUT2D eigenvalue weighted by molar-refractivity contribution is -0.209. The van der Waals surface area contributed by atoms with Crippen LogP contribution in [0.3, 0.4) is 0 Å². The van der Waals surface area contributed by atoms with Crippen molar-refractivity contribution in [3.63, 3.8) is 0 Å². The Kier molecular flexibility index (Phi) is 27.0. The molecular formula is C35H54O22P4. The van der Waals surface area contributed by atoms with E-state index in [4.69, 9.17) is 18.5 Å². The molecule has 0 bridgehead atoms. The summed E-state index contributed by atoms with van der Waals surface area (Å²) in [4.78, 5) is 91.6.